The summed E-state index contributed by atoms with van der Waals surface area (Å²) in [7, 11) is 1.88. The van der Waals surface area contributed by atoms with E-state index >= 15 is 0 Å². The van der Waals surface area contributed by atoms with Crippen molar-refractivity contribution < 1.29 is 4.79 Å². The summed E-state index contributed by atoms with van der Waals surface area (Å²) in [5, 5.41) is 5.99. The van der Waals surface area contributed by atoms with Crippen LogP contribution in [0.15, 0.2) is 18.2 Å². The lowest BCUT2D eigenvalue weighted by Gasteiger charge is -2.12. The molecule has 0 spiro atoms. The summed E-state index contributed by atoms with van der Waals surface area (Å²) in [6, 6.07) is 6.17. The second-order valence-corrected chi connectivity index (χ2v) is 5.05. The van der Waals surface area contributed by atoms with Gasteiger partial charge in [0.05, 0.1) is 5.56 Å². The fraction of sp³-hybridized carbons (Fsp3) is 0.417. The third-order valence-corrected chi connectivity index (χ3v) is 3.37. The van der Waals surface area contributed by atoms with E-state index in [9.17, 15) is 4.79 Å². The Hall–Kier alpha value is -0.330. The largest absolute Gasteiger partial charge is 0.350 e. The smallest absolute Gasteiger partial charge is 0.252 e. The number of halogens is 2. The number of hydrogen-bond donors (Lipinski definition) is 2. The lowest BCUT2D eigenvalue weighted by Crippen LogP contribution is -2.37. The van der Waals surface area contributed by atoms with Crippen molar-refractivity contribution >= 4 is 40.9 Å². The first-order valence-electron chi connectivity index (χ1n) is 5.26. The minimum absolute atomic E-state index is 0. The number of rotatable bonds is 4. The number of likely N-dealkylation sites (N-methyl/N-ethyl adjacent to an activating group) is 1. The summed E-state index contributed by atoms with van der Waals surface area (Å²) in [6.45, 7) is 4.66. The topological polar surface area (TPSA) is 41.1 Å². The molecule has 0 aliphatic heterocycles. The van der Waals surface area contributed by atoms with Crippen molar-refractivity contribution in [2.75, 3.05) is 13.6 Å². The van der Waals surface area contributed by atoms with E-state index in [1.54, 1.807) is 0 Å². The first-order chi connectivity index (χ1) is 7.54. The van der Waals surface area contributed by atoms with Crippen LogP contribution in [0.25, 0.3) is 0 Å². The number of carbonyl (C=O) groups excluding carboxylic acids is 1. The molecule has 17 heavy (non-hydrogen) atoms. The standard InChI is InChI=1S/C12H17IN2O.ClH/c1-8-4-5-11(13)10(6-8)12(16)15-7-9(2)14-3;/h4-6,9,14H,7H2,1-3H3,(H,15,16);1H. The van der Waals surface area contributed by atoms with E-state index in [1.807, 2.05) is 39.1 Å². The summed E-state index contributed by atoms with van der Waals surface area (Å²) in [6.07, 6.45) is 0. The predicted octanol–water partition coefficient (Wildman–Crippen LogP) is 2.36. The van der Waals surface area contributed by atoms with Crippen molar-refractivity contribution in [1.82, 2.24) is 10.6 Å². The van der Waals surface area contributed by atoms with Crippen molar-refractivity contribution in [3.05, 3.63) is 32.9 Å². The summed E-state index contributed by atoms with van der Waals surface area (Å²) in [4.78, 5) is 11.9. The summed E-state index contributed by atoms with van der Waals surface area (Å²) in [5.41, 5.74) is 1.86. The SMILES string of the molecule is CNC(C)CNC(=O)c1cc(C)ccc1I.Cl. The first kappa shape index (κ1) is 16.7. The molecule has 1 aromatic rings. The Morgan fingerprint density at radius 2 is 2.12 bits per heavy atom. The van der Waals surface area contributed by atoms with E-state index in [2.05, 4.69) is 33.2 Å². The molecule has 1 rings (SSSR count). The van der Waals surface area contributed by atoms with Crippen molar-refractivity contribution in [3.63, 3.8) is 0 Å². The van der Waals surface area contributed by atoms with Gasteiger partial charge in [0.2, 0.25) is 0 Å². The second kappa shape index (κ2) is 7.89. The number of nitrogens with one attached hydrogen (secondary N) is 2. The summed E-state index contributed by atoms with van der Waals surface area (Å²) >= 11 is 2.18. The van der Waals surface area contributed by atoms with Gasteiger partial charge in [-0.1, -0.05) is 11.6 Å². The molecule has 1 amide bonds. The molecule has 1 aromatic carbocycles. The maximum absolute atomic E-state index is 11.9. The third-order valence-electron chi connectivity index (χ3n) is 2.43. The van der Waals surface area contributed by atoms with E-state index in [0.717, 1.165) is 14.7 Å². The van der Waals surface area contributed by atoms with Gasteiger partial charge in [0.25, 0.3) is 5.91 Å². The average molecular weight is 369 g/mol. The molecule has 3 nitrogen and oxygen atoms in total. The highest BCUT2D eigenvalue weighted by Gasteiger charge is 2.10. The fourth-order valence-corrected chi connectivity index (χ4v) is 1.84. The van der Waals surface area contributed by atoms with E-state index < -0.39 is 0 Å². The zero-order chi connectivity index (χ0) is 12.1. The molecule has 0 aliphatic carbocycles. The van der Waals surface area contributed by atoms with Crippen LogP contribution in [0.5, 0.6) is 0 Å². The highest BCUT2D eigenvalue weighted by Crippen LogP contribution is 2.13. The Labute approximate surface area is 122 Å². The van der Waals surface area contributed by atoms with Gasteiger partial charge in [-0.2, -0.15) is 0 Å². The van der Waals surface area contributed by atoms with Gasteiger partial charge in [-0.05, 0) is 55.6 Å². The van der Waals surface area contributed by atoms with Gasteiger partial charge in [0.1, 0.15) is 0 Å². The number of carbonyl (C=O) groups is 1. The number of benzene rings is 1. The van der Waals surface area contributed by atoms with Gasteiger partial charge in [0.15, 0.2) is 0 Å². The van der Waals surface area contributed by atoms with Gasteiger partial charge in [-0.15, -0.1) is 12.4 Å². The molecule has 0 radical (unpaired) electrons. The Morgan fingerprint density at radius 3 is 2.71 bits per heavy atom. The van der Waals surface area contributed by atoms with Gasteiger partial charge >= 0.3 is 0 Å². The van der Waals surface area contributed by atoms with E-state index in [-0.39, 0.29) is 24.4 Å². The van der Waals surface area contributed by atoms with Crippen LogP contribution in [0, 0.1) is 10.5 Å². The van der Waals surface area contributed by atoms with Crippen LogP contribution in [0.1, 0.15) is 22.8 Å². The molecule has 0 fully saturated rings. The molecule has 0 aromatic heterocycles. The summed E-state index contributed by atoms with van der Waals surface area (Å²) in [5.74, 6) is -0.00444. The van der Waals surface area contributed by atoms with Crippen molar-refractivity contribution in [3.8, 4) is 0 Å². The molecular weight excluding hydrogens is 351 g/mol. The van der Waals surface area contributed by atoms with Crippen LogP contribution >= 0.6 is 35.0 Å². The average Bonchev–Trinajstić information content (AvgIpc) is 2.28. The molecule has 0 bridgehead atoms. The molecule has 96 valence electrons. The highest BCUT2D eigenvalue weighted by molar-refractivity contribution is 14.1. The van der Waals surface area contributed by atoms with Crippen molar-refractivity contribution in [1.29, 1.82) is 0 Å². The van der Waals surface area contributed by atoms with Crippen LogP contribution < -0.4 is 10.6 Å². The Morgan fingerprint density at radius 1 is 1.47 bits per heavy atom. The van der Waals surface area contributed by atoms with Crippen LogP contribution in [-0.4, -0.2) is 25.5 Å². The monoisotopic (exact) mass is 368 g/mol. The number of hydrogen-bond acceptors (Lipinski definition) is 2. The molecule has 0 saturated heterocycles. The molecule has 1 unspecified atom stereocenters. The van der Waals surface area contributed by atoms with Crippen LogP contribution in [-0.2, 0) is 0 Å². The Kier molecular flexibility index (Phi) is 7.74. The van der Waals surface area contributed by atoms with E-state index in [4.69, 9.17) is 0 Å². The maximum atomic E-state index is 11.9. The zero-order valence-electron chi connectivity index (χ0n) is 10.2. The highest BCUT2D eigenvalue weighted by atomic mass is 127. The minimum Gasteiger partial charge on any atom is -0.350 e. The van der Waals surface area contributed by atoms with Crippen molar-refractivity contribution in [2.45, 2.75) is 19.9 Å². The molecule has 5 heteroatoms. The van der Waals surface area contributed by atoms with Crippen LogP contribution in [0.4, 0.5) is 0 Å². The minimum atomic E-state index is -0.00444. The lowest BCUT2D eigenvalue weighted by atomic mass is 10.1. The van der Waals surface area contributed by atoms with Gasteiger partial charge in [0, 0.05) is 16.2 Å². The normalized spacial score (nSPS) is 11.5. The van der Waals surface area contributed by atoms with Gasteiger partial charge in [-0.25, -0.2) is 0 Å². The molecule has 0 heterocycles. The van der Waals surface area contributed by atoms with Crippen LogP contribution in [0.3, 0.4) is 0 Å². The lowest BCUT2D eigenvalue weighted by molar-refractivity contribution is 0.0949. The second-order valence-electron chi connectivity index (χ2n) is 3.88. The Balaban J connectivity index is 0.00000256. The van der Waals surface area contributed by atoms with E-state index in [1.165, 1.54) is 0 Å². The third kappa shape index (κ3) is 5.23. The Bertz CT molecular complexity index is 385. The number of amides is 1. The molecular formula is C12H18ClIN2O. The molecule has 1 atom stereocenters. The summed E-state index contributed by atoms with van der Waals surface area (Å²) < 4.78 is 0.984. The van der Waals surface area contributed by atoms with Crippen LogP contribution in [0.2, 0.25) is 0 Å². The van der Waals surface area contributed by atoms with Gasteiger partial charge in [-0.3, -0.25) is 4.79 Å². The molecule has 0 aliphatic rings. The molecule has 2 N–H and O–H groups in total. The predicted molar refractivity (Wildman–Crippen MR) is 82.0 cm³/mol. The van der Waals surface area contributed by atoms with Gasteiger partial charge < -0.3 is 10.6 Å². The maximum Gasteiger partial charge on any atom is 0.252 e. The molecule has 0 saturated carbocycles. The zero-order valence-corrected chi connectivity index (χ0v) is 13.2. The quantitative estimate of drug-likeness (QED) is 0.801. The van der Waals surface area contributed by atoms with E-state index in [0.29, 0.717) is 6.54 Å². The van der Waals surface area contributed by atoms with Crippen molar-refractivity contribution in [2.24, 2.45) is 0 Å². The fourth-order valence-electron chi connectivity index (χ4n) is 1.26. The number of aryl methyl sites for hydroxylation is 1. The first-order valence-corrected chi connectivity index (χ1v) is 6.34.